The van der Waals surface area contributed by atoms with Crippen molar-refractivity contribution in [1.29, 1.82) is 0 Å². The third kappa shape index (κ3) is 2.86. The number of ether oxygens (including phenoxy) is 1. The van der Waals surface area contributed by atoms with Gasteiger partial charge in [0.05, 0.1) is 5.69 Å². The Morgan fingerprint density at radius 3 is 3.08 bits per heavy atom. The highest BCUT2D eigenvalue weighted by atomic mass is 16.5. The van der Waals surface area contributed by atoms with Gasteiger partial charge in [-0.25, -0.2) is 0 Å². The van der Waals surface area contributed by atoms with Gasteiger partial charge in [0, 0.05) is 49.6 Å². The number of likely N-dealkylation sites (tertiary alicyclic amines) is 1. The second kappa shape index (κ2) is 6.23. The van der Waals surface area contributed by atoms with Gasteiger partial charge in [0.2, 0.25) is 0 Å². The van der Waals surface area contributed by atoms with E-state index in [1.165, 1.54) is 0 Å². The first-order valence-electron chi connectivity index (χ1n) is 8.55. The third-order valence-corrected chi connectivity index (χ3v) is 4.85. The van der Waals surface area contributed by atoms with Crippen LogP contribution in [0.4, 0.5) is 0 Å². The minimum Gasteiger partial charge on any atom is -0.490 e. The van der Waals surface area contributed by atoms with E-state index in [0.717, 1.165) is 48.4 Å². The maximum Gasteiger partial charge on any atom is 0.253 e. The predicted octanol–water partition coefficient (Wildman–Crippen LogP) is 2.82. The minimum absolute atomic E-state index is 0.103. The van der Waals surface area contributed by atoms with Crippen molar-refractivity contribution in [2.45, 2.75) is 38.2 Å². The molecule has 24 heavy (non-hydrogen) atoms. The summed E-state index contributed by atoms with van der Waals surface area (Å²) in [6, 6.07) is 5.80. The number of fused-ring (bicyclic) bond motifs is 1. The molecule has 124 valence electrons. The summed E-state index contributed by atoms with van der Waals surface area (Å²) in [4.78, 5) is 23.4. The van der Waals surface area contributed by atoms with Gasteiger partial charge in [0.25, 0.3) is 5.91 Å². The number of carbonyl (C=O) groups is 1. The fourth-order valence-electron chi connectivity index (χ4n) is 3.66. The summed E-state index contributed by atoms with van der Waals surface area (Å²) >= 11 is 0. The van der Waals surface area contributed by atoms with Crippen molar-refractivity contribution in [2.24, 2.45) is 0 Å². The molecule has 5 heteroatoms. The molecule has 0 bridgehead atoms. The zero-order valence-corrected chi connectivity index (χ0v) is 13.8. The molecule has 1 aromatic heterocycles. The predicted molar refractivity (Wildman–Crippen MR) is 90.1 cm³/mol. The Hall–Kier alpha value is -2.43. The van der Waals surface area contributed by atoms with Crippen LogP contribution in [0, 0.1) is 0 Å². The monoisotopic (exact) mass is 323 g/mol. The number of benzene rings is 1. The Morgan fingerprint density at radius 2 is 2.25 bits per heavy atom. The van der Waals surface area contributed by atoms with E-state index in [1.807, 2.05) is 29.3 Å². The van der Waals surface area contributed by atoms with Gasteiger partial charge in [-0.05, 0) is 43.5 Å². The number of nitrogens with zero attached hydrogens (tertiary/aromatic N) is 3. The van der Waals surface area contributed by atoms with Gasteiger partial charge in [-0.2, -0.15) is 0 Å². The zero-order valence-electron chi connectivity index (χ0n) is 13.8. The Kier molecular flexibility index (Phi) is 3.92. The van der Waals surface area contributed by atoms with Crippen molar-refractivity contribution in [3.63, 3.8) is 0 Å². The molecular formula is C19H21N3O2. The highest BCUT2D eigenvalue weighted by Gasteiger charge is 2.27. The molecule has 0 unspecified atom stereocenters. The summed E-state index contributed by atoms with van der Waals surface area (Å²) in [6.45, 7) is 3.57. The van der Waals surface area contributed by atoms with E-state index in [0.29, 0.717) is 6.54 Å². The van der Waals surface area contributed by atoms with Gasteiger partial charge in [0.1, 0.15) is 11.9 Å². The van der Waals surface area contributed by atoms with Gasteiger partial charge < -0.3 is 9.64 Å². The molecule has 0 aliphatic carbocycles. The highest BCUT2D eigenvalue weighted by molar-refractivity contribution is 5.94. The maximum atomic E-state index is 12.9. The fourth-order valence-corrected chi connectivity index (χ4v) is 3.66. The molecular weight excluding hydrogens is 302 g/mol. The zero-order chi connectivity index (χ0) is 16.5. The molecule has 0 saturated carbocycles. The van der Waals surface area contributed by atoms with Gasteiger partial charge in [0.15, 0.2) is 0 Å². The standard InChI is InChI=1S/C19H21N3O2/c1-13-9-16-10-14(4-5-18(16)24-13)19(23)22-8-2-3-15(12-22)17-11-20-6-7-21-17/h4-7,10-11,13,15H,2-3,8-9,12H2,1H3/t13-,15+/m0/s1. The van der Waals surface area contributed by atoms with E-state index in [4.69, 9.17) is 4.74 Å². The molecule has 2 aliphatic heterocycles. The van der Waals surface area contributed by atoms with Crippen LogP contribution in [0.25, 0.3) is 0 Å². The van der Waals surface area contributed by atoms with Crippen molar-refractivity contribution in [3.05, 3.63) is 53.6 Å². The number of amides is 1. The summed E-state index contributed by atoms with van der Waals surface area (Å²) in [5.74, 6) is 1.29. The van der Waals surface area contributed by atoms with Crippen LogP contribution >= 0.6 is 0 Å². The summed E-state index contributed by atoms with van der Waals surface area (Å²) < 4.78 is 5.72. The van der Waals surface area contributed by atoms with E-state index in [-0.39, 0.29) is 17.9 Å². The molecule has 0 N–H and O–H groups in total. The quantitative estimate of drug-likeness (QED) is 0.853. The Morgan fingerprint density at radius 1 is 1.33 bits per heavy atom. The van der Waals surface area contributed by atoms with Gasteiger partial charge >= 0.3 is 0 Å². The van der Waals surface area contributed by atoms with Crippen LogP contribution in [0.15, 0.2) is 36.8 Å². The second-order valence-electron chi connectivity index (χ2n) is 6.68. The van der Waals surface area contributed by atoms with E-state index in [2.05, 4.69) is 16.9 Å². The molecule has 1 aromatic carbocycles. The van der Waals surface area contributed by atoms with Gasteiger partial charge in [-0.1, -0.05) is 0 Å². The lowest BCUT2D eigenvalue weighted by molar-refractivity contribution is 0.0705. The third-order valence-electron chi connectivity index (χ3n) is 4.85. The number of carbonyl (C=O) groups excluding carboxylic acids is 1. The van der Waals surface area contributed by atoms with Gasteiger partial charge in [-0.3, -0.25) is 14.8 Å². The fraction of sp³-hybridized carbons (Fsp3) is 0.421. The summed E-state index contributed by atoms with van der Waals surface area (Å²) in [5, 5.41) is 0. The minimum atomic E-state index is 0.103. The number of piperidine rings is 1. The molecule has 0 spiro atoms. The number of hydrogen-bond acceptors (Lipinski definition) is 4. The Balaban J connectivity index is 1.51. The summed E-state index contributed by atoms with van der Waals surface area (Å²) in [5.41, 5.74) is 2.87. The van der Waals surface area contributed by atoms with Crippen LogP contribution in [0.1, 0.15) is 47.3 Å². The van der Waals surface area contributed by atoms with Crippen molar-refractivity contribution < 1.29 is 9.53 Å². The normalized spacial score (nSPS) is 22.8. The smallest absolute Gasteiger partial charge is 0.253 e. The van der Waals surface area contributed by atoms with Crippen molar-refractivity contribution >= 4 is 5.91 Å². The molecule has 2 atom stereocenters. The lowest BCUT2D eigenvalue weighted by atomic mass is 9.94. The van der Waals surface area contributed by atoms with Crippen molar-refractivity contribution in [3.8, 4) is 5.75 Å². The van der Waals surface area contributed by atoms with E-state index in [9.17, 15) is 4.79 Å². The van der Waals surface area contributed by atoms with Crippen LogP contribution in [0.3, 0.4) is 0 Å². The Labute approximate surface area is 141 Å². The van der Waals surface area contributed by atoms with Crippen LogP contribution in [-0.4, -0.2) is 40.0 Å². The van der Waals surface area contributed by atoms with E-state index < -0.39 is 0 Å². The van der Waals surface area contributed by atoms with Crippen LogP contribution in [0.5, 0.6) is 5.75 Å². The van der Waals surface area contributed by atoms with E-state index >= 15 is 0 Å². The van der Waals surface area contributed by atoms with Crippen molar-refractivity contribution in [2.75, 3.05) is 13.1 Å². The molecule has 5 nitrogen and oxygen atoms in total. The molecule has 1 fully saturated rings. The number of rotatable bonds is 2. The molecule has 0 radical (unpaired) electrons. The van der Waals surface area contributed by atoms with Gasteiger partial charge in [-0.15, -0.1) is 0 Å². The lowest BCUT2D eigenvalue weighted by Gasteiger charge is -2.32. The average molecular weight is 323 g/mol. The SMILES string of the molecule is C[C@H]1Cc2cc(C(=O)N3CCC[C@@H](c4cnccn4)C3)ccc2O1. The van der Waals surface area contributed by atoms with E-state index in [1.54, 1.807) is 12.4 Å². The van der Waals surface area contributed by atoms with Crippen molar-refractivity contribution in [1.82, 2.24) is 14.9 Å². The summed E-state index contributed by atoms with van der Waals surface area (Å²) in [7, 11) is 0. The first-order chi connectivity index (χ1) is 11.7. The van der Waals surface area contributed by atoms with Crippen LogP contribution < -0.4 is 4.74 Å². The average Bonchev–Trinajstić information content (AvgIpc) is 3.01. The number of aromatic nitrogens is 2. The summed E-state index contributed by atoms with van der Waals surface area (Å²) in [6.07, 6.45) is 8.34. The topological polar surface area (TPSA) is 55.3 Å². The lowest BCUT2D eigenvalue weighted by Crippen LogP contribution is -2.39. The molecule has 4 rings (SSSR count). The molecule has 2 aliphatic rings. The molecule has 1 amide bonds. The first-order valence-corrected chi connectivity index (χ1v) is 8.55. The van der Waals surface area contributed by atoms with Crippen LogP contribution in [-0.2, 0) is 6.42 Å². The molecule has 3 heterocycles. The maximum absolute atomic E-state index is 12.9. The molecule has 1 saturated heterocycles. The van der Waals surface area contributed by atoms with Crippen LogP contribution in [0.2, 0.25) is 0 Å². The number of hydrogen-bond donors (Lipinski definition) is 0. The molecule has 2 aromatic rings. The highest BCUT2D eigenvalue weighted by Crippen LogP contribution is 2.31. The second-order valence-corrected chi connectivity index (χ2v) is 6.68. The first kappa shape index (κ1) is 15.1. The Bertz CT molecular complexity index is 748. The largest absolute Gasteiger partial charge is 0.490 e.